The summed E-state index contributed by atoms with van der Waals surface area (Å²) in [6.07, 6.45) is 2.99. The summed E-state index contributed by atoms with van der Waals surface area (Å²) in [4.78, 5) is 13.9. The quantitative estimate of drug-likeness (QED) is 0.585. The normalized spacial score (nSPS) is 11.6. The van der Waals surface area contributed by atoms with Crippen LogP contribution in [0.15, 0.2) is 48.7 Å². The second-order valence-corrected chi connectivity index (χ2v) is 5.12. The molecule has 0 fully saturated rings. The highest BCUT2D eigenvalue weighted by molar-refractivity contribution is 5.71. The van der Waals surface area contributed by atoms with Crippen LogP contribution in [0.2, 0.25) is 0 Å². The molecule has 3 heteroatoms. The average molecular weight is 273 g/mol. The van der Waals surface area contributed by atoms with Crippen molar-refractivity contribution < 1.29 is 9.53 Å². The molecule has 1 aromatic carbocycles. The van der Waals surface area contributed by atoms with Crippen molar-refractivity contribution in [2.75, 3.05) is 0 Å². The van der Waals surface area contributed by atoms with E-state index in [1.54, 1.807) is 17.1 Å². The van der Waals surface area contributed by atoms with Gasteiger partial charge in [0.15, 0.2) is 0 Å². The van der Waals surface area contributed by atoms with E-state index < -0.39 is 0 Å². The van der Waals surface area contributed by atoms with Gasteiger partial charge in [-0.05, 0) is 45.4 Å². The molecule has 0 aliphatic heterocycles. The molecule has 0 unspecified atom stereocenters. The zero-order valence-electron chi connectivity index (χ0n) is 12.7. The molecule has 0 atom stereocenters. The first-order chi connectivity index (χ1) is 9.45. The van der Waals surface area contributed by atoms with E-state index in [-0.39, 0.29) is 18.2 Å². The average Bonchev–Trinajstić information content (AvgIpc) is 2.38. The Hall–Kier alpha value is -2.03. The van der Waals surface area contributed by atoms with Crippen molar-refractivity contribution in [2.24, 2.45) is 0 Å². The highest BCUT2D eigenvalue weighted by Crippen LogP contribution is 2.13. The third-order valence-corrected chi connectivity index (χ3v) is 2.84. The lowest BCUT2D eigenvalue weighted by Gasteiger charge is -2.29. The van der Waals surface area contributed by atoms with E-state index in [1.807, 2.05) is 58.0 Å². The first kappa shape index (κ1) is 16.0. The molecule has 0 radical (unpaired) electrons. The summed E-state index contributed by atoms with van der Waals surface area (Å²) in [6.45, 7) is 11.6. The molecular weight excluding hydrogens is 250 g/mol. The fourth-order valence-electron chi connectivity index (χ4n) is 2.02. The topological polar surface area (TPSA) is 29.5 Å². The molecule has 1 aromatic rings. The largest absolute Gasteiger partial charge is 0.415 e. The van der Waals surface area contributed by atoms with E-state index in [4.69, 9.17) is 4.74 Å². The molecule has 0 bridgehead atoms. The van der Waals surface area contributed by atoms with Crippen LogP contribution < -0.4 is 0 Å². The van der Waals surface area contributed by atoms with Crippen molar-refractivity contribution in [3.63, 3.8) is 0 Å². The zero-order valence-corrected chi connectivity index (χ0v) is 12.7. The molecule has 3 nitrogen and oxygen atoms in total. The smallest absolute Gasteiger partial charge is 0.410 e. The van der Waals surface area contributed by atoms with Crippen molar-refractivity contribution >= 4 is 12.2 Å². The van der Waals surface area contributed by atoms with E-state index in [2.05, 4.69) is 6.58 Å². The second-order valence-electron chi connectivity index (χ2n) is 5.12. The van der Waals surface area contributed by atoms with Crippen LogP contribution in [-0.4, -0.2) is 23.1 Å². The summed E-state index contributed by atoms with van der Waals surface area (Å²) in [6, 6.07) is 9.87. The van der Waals surface area contributed by atoms with Crippen LogP contribution in [0.25, 0.3) is 6.08 Å². The van der Waals surface area contributed by atoms with Crippen molar-refractivity contribution in [3.05, 3.63) is 54.3 Å². The number of hydrogen-bond acceptors (Lipinski definition) is 2. The lowest BCUT2D eigenvalue weighted by atomic mass is 10.2. The van der Waals surface area contributed by atoms with Gasteiger partial charge in [0.05, 0.1) is 0 Å². The zero-order chi connectivity index (χ0) is 15.1. The van der Waals surface area contributed by atoms with Crippen molar-refractivity contribution in [3.8, 4) is 0 Å². The molecule has 108 valence electrons. The molecule has 1 rings (SSSR count). The van der Waals surface area contributed by atoms with Crippen LogP contribution in [0.3, 0.4) is 0 Å². The van der Waals surface area contributed by atoms with Crippen LogP contribution >= 0.6 is 0 Å². The predicted octanol–water partition coefficient (Wildman–Crippen LogP) is 4.47. The molecular formula is C17H23NO2. The first-order valence-electron chi connectivity index (χ1n) is 6.85. The Morgan fingerprint density at radius 2 is 1.70 bits per heavy atom. The van der Waals surface area contributed by atoms with Gasteiger partial charge in [0.25, 0.3) is 0 Å². The number of ether oxygens (including phenoxy) is 1. The summed E-state index contributed by atoms with van der Waals surface area (Å²) in [5, 5.41) is 0. The van der Waals surface area contributed by atoms with Crippen molar-refractivity contribution in [1.29, 1.82) is 0 Å². The lowest BCUT2D eigenvalue weighted by Crippen LogP contribution is -2.42. The molecule has 0 saturated heterocycles. The summed E-state index contributed by atoms with van der Waals surface area (Å²) in [5.41, 5.74) is 0.968. The fraction of sp³-hybridized carbons (Fsp3) is 0.353. The molecule has 0 aliphatic carbocycles. The minimum atomic E-state index is -0.350. The lowest BCUT2D eigenvalue weighted by molar-refractivity contribution is 0.104. The summed E-state index contributed by atoms with van der Waals surface area (Å²) < 4.78 is 5.42. The molecule has 0 aromatic heterocycles. The Bertz CT molecular complexity index is 467. The van der Waals surface area contributed by atoms with E-state index in [0.29, 0.717) is 5.76 Å². The predicted molar refractivity (Wildman–Crippen MR) is 83.2 cm³/mol. The summed E-state index contributed by atoms with van der Waals surface area (Å²) >= 11 is 0. The first-order valence-corrected chi connectivity index (χ1v) is 6.85. The number of carbonyl (C=O) groups is 1. The SMILES string of the molecule is C=C/C(=C\c1ccccc1)OC(=O)N(C(C)C)C(C)C. The molecule has 0 spiro atoms. The Morgan fingerprint density at radius 1 is 1.15 bits per heavy atom. The van der Waals surface area contributed by atoms with Gasteiger partial charge in [-0.25, -0.2) is 4.79 Å². The monoisotopic (exact) mass is 273 g/mol. The van der Waals surface area contributed by atoms with Crippen LogP contribution in [0.4, 0.5) is 4.79 Å². The van der Waals surface area contributed by atoms with E-state index in [1.165, 1.54) is 0 Å². The third-order valence-electron chi connectivity index (χ3n) is 2.84. The number of amides is 1. The van der Waals surface area contributed by atoms with E-state index in [0.717, 1.165) is 5.56 Å². The fourth-order valence-corrected chi connectivity index (χ4v) is 2.02. The third kappa shape index (κ3) is 4.57. The van der Waals surface area contributed by atoms with E-state index in [9.17, 15) is 4.79 Å². The minimum Gasteiger partial charge on any atom is -0.410 e. The number of benzene rings is 1. The Balaban J connectivity index is 2.86. The maximum Gasteiger partial charge on any atom is 0.415 e. The van der Waals surface area contributed by atoms with Gasteiger partial charge in [0, 0.05) is 12.1 Å². The van der Waals surface area contributed by atoms with Gasteiger partial charge in [-0.15, -0.1) is 0 Å². The maximum absolute atomic E-state index is 12.2. The Morgan fingerprint density at radius 3 is 2.15 bits per heavy atom. The van der Waals surface area contributed by atoms with Gasteiger partial charge in [0.2, 0.25) is 0 Å². The Labute approximate surface area is 121 Å². The number of rotatable bonds is 5. The maximum atomic E-state index is 12.2. The van der Waals surface area contributed by atoms with Gasteiger partial charge in [-0.3, -0.25) is 0 Å². The molecule has 0 saturated carbocycles. The summed E-state index contributed by atoms with van der Waals surface area (Å²) in [7, 11) is 0. The minimum absolute atomic E-state index is 0.0882. The van der Waals surface area contributed by atoms with Crippen LogP contribution in [-0.2, 0) is 4.74 Å². The standard InChI is InChI=1S/C17H23NO2/c1-6-16(12-15-10-8-7-9-11-15)20-17(19)18(13(2)3)14(4)5/h6-14H,1H2,2-5H3/b16-12+. The Kier molecular flexibility index (Phi) is 6.04. The number of hydrogen-bond donors (Lipinski definition) is 0. The number of carbonyl (C=O) groups excluding carboxylic acids is 1. The summed E-state index contributed by atoms with van der Waals surface area (Å²) in [5.74, 6) is 0.451. The van der Waals surface area contributed by atoms with Gasteiger partial charge < -0.3 is 9.64 Å². The van der Waals surface area contributed by atoms with Gasteiger partial charge >= 0.3 is 6.09 Å². The van der Waals surface area contributed by atoms with Crippen molar-refractivity contribution in [1.82, 2.24) is 4.90 Å². The van der Waals surface area contributed by atoms with Crippen molar-refractivity contribution in [2.45, 2.75) is 39.8 Å². The molecule has 0 N–H and O–H groups in total. The van der Waals surface area contributed by atoms with Crippen LogP contribution in [0, 0.1) is 0 Å². The molecule has 20 heavy (non-hydrogen) atoms. The van der Waals surface area contributed by atoms with Gasteiger partial charge in [0.1, 0.15) is 5.76 Å². The highest BCUT2D eigenvalue weighted by Gasteiger charge is 2.22. The number of allylic oxidation sites excluding steroid dienone is 1. The molecule has 0 heterocycles. The van der Waals surface area contributed by atoms with Crippen LogP contribution in [0.1, 0.15) is 33.3 Å². The number of nitrogens with zero attached hydrogens (tertiary/aromatic N) is 1. The highest BCUT2D eigenvalue weighted by atomic mass is 16.6. The van der Waals surface area contributed by atoms with Crippen LogP contribution in [0.5, 0.6) is 0 Å². The van der Waals surface area contributed by atoms with Gasteiger partial charge in [-0.2, -0.15) is 0 Å². The molecule has 0 aliphatic rings. The van der Waals surface area contributed by atoms with Gasteiger partial charge in [-0.1, -0.05) is 36.9 Å². The second kappa shape index (κ2) is 7.53. The molecule has 1 amide bonds. The van der Waals surface area contributed by atoms with E-state index >= 15 is 0 Å².